The maximum Gasteiger partial charge on any atom is 0.219 e. The first kappa shape index (κ1) is 27.5. The van der Waals surface area contributed by atoms with Crippen LogP contribution in [-0.4, -0.2) is 24.4 Å². The van der Waals surface area contributed by atoms with Crippen molar-refractivity contribution >= 4 is 29.1 Å². The topological polar surface area (TPSA) is 20.3 Å². The van der Waals surface area contributed by atoms with Gasteiger partial charge in [0.25, 0.3) is 0 Å². The molecule has 0 aliphatic carbocycles. The summed E-state index contributed by atoms with van der Waals surface area (Å²) < 4.78 is 0. The van der Waals surface area contributed by atoms with Crippen LogP contribution in [-0.2, 0) is 11.2 Å². The number of hydrogen-bond acceptors (Lipinski definition) is 1. The highest BCUT2D eigenvalue weighted by atomic mass is 35.5. The maximum atomic E-state index is 11.6. The number of hydrogen-bond donors (Lipinski definition) is 0. The highest BCUT2D eigenvalue weighted by Gasteiger charge is 2.19. The van der Waals surface area contributed by atoms with Gasteiger partial charge in [-0.2, -0.15) is 0 Å². The van der Waals surface area contributed by atoms with Crippen LogP contribution >= 0.6 is 23.2 Å². The smallest absolute Gasteiger partial charge is 0.219 e. The zero-order valence-corrected chi connectivity index (χ0v) is 19.8. The third-order valence-corrected chi connectivity index (χ3v) is 5.55. The Labute approximate surface area is 203 Å². The molecule has 0 aliphatic rings. The first-order chi connectivity index (χ1) is 14.8. The summed E-state index contributed by atoms with van der Waals surface area (Å²) in [6, 6.07) is 25.7. The lowest BCUT2D eigenvalue weighted by molar-refractivity contribution is -0.127. The minimum atomic E-state index is 0. The quantitative estimate of drug-likeness (QED) is 0.335. The molecule has 2 nitrogen and oxygen atoms in total. The van der Waals surface area contributed by atoms with Crippen molar-refractivity contribution in [2.45, 2.75) is 33.6 Å². The monoisotopic (exact) mass is 469 g/mol. The second kappa shape index (κ2) is 13.8. The Morgan fingerprint density at radius 2 is 1.41 bits per heavy atom. The van der Waals surface area contributed by atoms with E-state index in [0.29, 0.717) is 11.6 Å². The van der Waals surface area contributed by atoms with Crippen LogP contribution in [0.2, 0.25) is 10.0 Å². The predicted molar refractivity (Wildman–Crippen MR) is 140 cm³/mol. The number of carbonyl (C=O) groups is 1. The van der Waals surface area contributed by atoms with Gasteiger partial charge < -0.3 is 4.90 Å². The van der Waals surface area contributed by atoms with Crippen molar-refractivity contribution in [2.24, 2.45) is 0 Å². The molecule has 170 valence electrons. The van der Waals surface area contributed by atoms with Gasteiger partial charge in [0.15, 0.2) is 0 Å². The average molecular weight is 470 g/mol. The van der Waals surface area contributed by atoms with E-state index >= 15 is 0 Å². The van der Waals surface area contributed by atoms with Crippen molar-refractivity contribution in [1.29, 1.82) is 0 Å². The molecule has 0 spiro atoms. The van der Waals surface area contributed by atoms with Crippen molar-refractivity contribution in [3.05, 3.63) is 118 Å². The van der Waals surface area contributed by atoms with Crippen LogP contribution in [0, 0.1) is 6.92 Å². The van der Waals surface area contributed by atoms with Crippen LogP contribution in [0.4, 0.5) is 0 Å². The van der Waals surface area contributed by atoms with E-state index in [9.17, 15) is 4.79 Å². The minimum Gasteiger partial charge on any atom is -0.345 e. The summed E-state index contributed by atoms with van der Waals surface area (Å²) in [5, 5.41) is 1.41. The fourth-order valence-electron chi connectivity index (χ4n) is 3.09. The highest BCUT2D eigenvalue weighted by molar-refractivity contribution is 6.30. The molecule has 1 atom stereocenters. The van der Waals surface area contributed by atoms with Crippen molar-refractivity contribution in [3.63, 3.8) is 0 Å². The summed E-state index contributed by atoms with van der Waals surface area (Å²) in [5.74, 6) is 0.0834. The highest BCUT2D eigenvalue weighted by Crippen LogP contribution is 2.28. The molecular formula is C28H33Cl2NO. The van der Waals surface area contributed by atoms with Crippen molar-refractivity contribution < 1.29 is 4.79 Å². The van der Waals surface area contributed by atoms with Crippen LogP contribution in [0.3, 0.4) is 0 Å². The molecule has 1 amide bonds. The number of carbonyl (C=O) groups excluding carboxylic acids is 1. The first-order valence-electron chi connectivity index (χ1n) is 10.2. The lowest BCUT2D eigenvalue weighted by atomic mass is 9.88. The van der Waals surface area contributed by atoms with E-state index in [0.717, 1.165) is 28.1 Å². The van der Waals surface area contributed by atoms with E-state index in [1.807, 2.05) is 66.7 Å². The molecule has 0 aliphatic heterocycles. The molecule has 0 N–H and O–H groups in total. The summed E-state index contributed by atoms with van der Waals surface area (Å²) in [6.45, 7) is 8.52. The molecule has 0 saturated carbocycles. The Kier molecular flexibility index (Phi) is 11.8. The Morgan fingerprint density at radius 3 is 1.84 bits per heavy atom. The summed E-state index contributed by atoms with van der Waals surface area (Å²) in [4.78, 5) is 13.4. The molecule has 3 rings (SSSR count). The average Bonchev–Trinajstić information content (AvgIpc) is 2.75. The summed E-state index contributed by atoms with van der Waals surface area (Å²) in [6.07, 6.45) is 0.732. The number of benzene rings is 3. The molecule has 4 heteroatoms. The first-order valence-corrected chi connectivity index (χ1v) is 10.9. The lowest BCUT2D eigenvalue weighted by Crippen LogP contribution is -2.29. The molecule has 0 aromatic heterocycles. The summed E-state index contributed by atoms with van der Waals surface area (Å²) in [5.41, 5.74) is 4.62. The van der Waals surface area contributed by atoms with Crippen LogP contribution in [0.5, 0.6) is 0 Å². The van der Waals surface area contributed by atoms with Gasteiger partial charge in [-0.25, -0.2) is 0 Å². The van der Waals surface area contributed by atoms with Gasteiger partial charge in [-0.05, 0) is 48.7 Å². The van der Waals surface area contributed by atoms with Gasteiger partial charge in [0.05, 0.1) is 0 Å². The van der Waals surface area contributed by atoms with Crippen LogP contribution in [0.1, 0.15) is 37.0 Å². The van der Waals surface area contributed by atoms with E-state index in [1.165, 1.54) is 5.56 Å². The van der Waals surface area contributed by atoms with E-state index in [2.05, 4.69) is 25.6 Å². The largest absolute Gasteiger partial charge is 0.345 e. The van der Waals surface area contributed by atoms with Gasteiger partial charge in [0.2, 0.25) is 5.91 Å². The SMILES string of the molecule is C.C=C(Cc1ccc(Cl)cc1)C(CN(C)C(C)=O)c1ccc(Cl)cc1.Cc1ccccc1. The molecule has 32 heavy (non-hydrogen) atoms. The fourth-order valence-corrected chi connectivity index (χ4v) is 3.34. The maximum absolute atomic E-state index is 11.6. The predicted octanol–water partition coefficient (Wildman–Crippen LogP) is 7.99. The molecule has 3 aromatic carbocycles. The minimum absolute atomic E-state index is 0. The second-order valence-electron chi connectivity index (χ2n) is 7.62. The van der Waals surface area contributed by atoms with E-state index in [1.54, 1.807) is 18.9 Å². The lowest BCUT2D eigenvalue weighted by Gasteiger charge is -2.26. The Balaban J connectivity index is 0.000000545. The van der Waals surface area contributed by atoms with Crippen LogP contribution in [0.25, 0.3) is 0 Å². The van der Waals surface area contributed by atoms with Gasteiger partial charge in [0, 0.05) is 36.5 Å². The Hall–Kier alpha value is -2.55. The molecule has 1 unspecified atom stereocenters. The standard InChI is InChI=1S/C20H21Cl2NO.C7H8.CH4/c1-14(12-16-4-8-18(21)9-5-16)20(13-23(3)15(2)24)17-6-10-19(22)11-7-17;1-7-5-3-2-4-6-7;/h4-11,20H,1,12-13H2,2-3H3;2-6H,1H3;1H4. The van der Waals surface area contributed by atoms with Crippen LogP contribution < -0.4 is 0 Å². The number of likely N-dealkylation sites (N-methyl/N-ethyl adjacent to an activating group) is 1. The van der Waals surface area contributed by atoms with E-state index < -0.39 is 0 Å². The third-order valence-electron chi connectivity index (χ3n) is 5.04. The number of nitrogens with zero attached hydrogens (tertiary/aromatic N) is 1. The second-order valence-corrected chi connectivity index (χ2v) is 8.49. The van der Waals surface area contributed by atoms with E-state index in [4.69, 9.17) is 23.2 Å². The molecule has 0 radical (unpaired) electrons. The zero-order chi connectivity index (χ0) is 22.8. The van der Waals surface area contributed by atoms with Gasteiger partial charge in [0.1, 0.15) is 0 Å². The van der Waals surface area contributed by atoms with Crippen molar-refractivity contribution in [2.75, 3.05) is 13.6 Å². The van der Waals surface area contributed by atoms with Gasteiger partial charge in [-0.15, -0.1) is 0 Å². The van der Waals surface area contributed by atoms with Gasteiger partial charge in [-0.1, -0.05) is 103 Å². The number of aryl methyl sites for hydroxylation is 1. The number of halogens is 2. The van der Waals surface area contributed by atoms with Gasteiger partial charge in [-0.3, -0.25) is 4.79 Å². The fraction of sp³-hybridized carbons (Fsp3) is 0.250. The van der Waals surface area contributed by atoms with Gasteiger partial charge >= 0.3 is 0 Å². The summed E-state index contributed by atoms with van der Waals surface area (Å²) in [7, 11) is 1.81. The van der Waals surface area contributed by atoms with E-state index in [-0.39, 0.29) is 19.3 Å². The third kappa shape index (κ3) is 9.30. The molecule has 0 saturated heterocycles. The Morgan fingerprint density at radius 1 is 0.906 bits per heavy atom. The number of rotatable bonds is 6. The number of amides is 1. The Bertz CT molecular complexity index is 967. The summed E-state index contributed by atoms with van der Waals surface area (Å²) >= 11 is 11.9. The molecule has 3 aromatic rings. The molecule has 0 heterocycles. The van der Waals surface area contributed by atoms with Crippen molar-refractivity contribution in [1.82, 2.24) is 4.90 Å². The molecular weight excluding hydrogens is 437 g/mol. The molecule has 0 fully saturated rings. The van der Waals surface area contributed by atoms with Crippen LogP contribution in [0.15, 0.2) is 91.0 Å². The molecule has 0 bridgehead atoms. The van der Waals surface area contributed by atoms with Crippen molar-refractivity contribution in [3.8, 4) is 0 Å². The zero-order valence-electron chi connectivity index (χ0n) is 18.3. The normalized spacial score (nSPS) is 10.8.